The molecule has 6 heteroatoms. The zero-order valence-corrected chi connectivity index (χ0v) is 13.3. The molecule has 0 saturated carbocycles. The molecule has 1 aliphatic heterocycles. The van der Waals surface area contributed by atoms with Crippen LogP contribution >= 0.6 is 0 Å². The lowest BCUT2D eigenvalue weighted by molar-refractivity contribution is -0.925. The Balaban J connectivity index is 2.07. The monoisotopic (exact) mass is 306 g/mol. The SMILES string of the molecule is C[C@H]1C[C@H](C)C[NH+]([C@@H](C)C(=O)Nc2ccccc2[N+](=O)[O-])C1. The highest BCUT2D eigenvalue weighted by Crippen LogP contribution is 2.23. The van der Waals surface area contributed by atoms with E-state index in [1.165, 1.54) is 17.4 Å². The van der Waals surface area contributed by atoms with Crippen LogP contribution in [-0.4, -0.2) is 30.0 Å². The number of carbonyl (C=O) groups is 1. The molecule has 6 nitrogen and oxygen atoms in total. The molecule has 1 heterocycles. The van der Waals surface area contributed by atoms with Crippen molar-refractivity contribution in [2.45, 2.75) is 33.2 Å². The number of nitro groups is 1. The first-order valence-corrected chi connectivity index (χ1v) is 7.77. The molecule has 0 bridgehead atoms. The number of nitrogens with zero attached hydrogens (tertiary/aromatic N) is 1. The highest BCUT2D eigenvalue weighted by Gasteiger charge is 2.33. The van der Waals surface area contributed by atoms with Crippen LogP contribution in [0, 0.1) is 22.0 Å². The van der Waals surface area contributed by atoms with Crippen molar-refractivity contribution in [3.8, 4) is 0 Å². The summed E-state index contributed by atoms with van der Waals surface area (Å²) in [5, 5.41) is 13.7. The van der Waals surface area contributed by atoms with Crippen LogP contribution in [0.1, 0.15) is 27.2 Å². The molecule has 1 amide bonds. The van der Waals surface area contributed by atoms with Gasteiger partial charge in [-0.25, -0.2) is 0 Å². The number of rotatable bonds is 4. The standard InChI is InChI=1S/C16H23N3O3/c1-11-8-12(2)10-18(9-11)13(3)16(20)17-14-6-4-5-7-15(14)19(21)22/h4-7,11-13H,8-10H2,1-3H3,(H,17,20)/p+1/t11-,12-,13-/m0/s1. The summed E-state index contributed by atoms with van der Waals surface area (Å²) in [4.78, 5) is 24.2. The number of anilines is 1. The van der Waals surface area contributed by atoms with Crippen LogP contribution in [0.5, 0.6) is 0 Å². The molecular formula is C16H24N3O3+. The van der Waals surface area contributed by atoms with Crippen molar-refractivity contribution in [1.29, 1.82) is 0 Å². The Bertz CT molecular complexity index is 551. The summed E-state index contributed by atoms with van der Waals surface area (Å²) in [6, 6.07) is 6.03. The zero-order chi connectivity index (χ0) is 16.3. The van der Waals surface area contributed by atoms with Gasteiger partial charge in [0.2, 0.25) is 0 Å². The van der Waals surface area contributed by atoms with Gasteiger partial charge in [0.1, 0.15) is 5.69 Å². The maximum absolute atomic E-state index is 12.4. The second-order valence-electron chi connectivity index (χ2n) is 6.50. The van der Waals surface area contributed by atoms with E-state index in [0.717, 1.165) is 13.1 Å². The quantitative estimate of drug-likeness (QED) is 0.653. The van der Waals surface area contributed by atoms with Gasteiger partial charge in [0, 0.05) is 17.9 Å². The Morgan fingerprint density at radius 1 is 1.32 bits per heavy atom. The topological polar surface area (TPSA) is 76.7 Å². The Morgan fingerprint density at radius 2 is 1.91 bits per heavy atom. The summed E-state index contributed by atoms with van der Waals surface area (Å²) < 4.78 is 0. The van der Waals surface area contributed by atoms with E-state index in [9.17, 15) is 14.9 Å². The van der Waals surface area contributed by atoms with Crippen LogP contribution in [0.25, 0.3) is 0 Å². The number of carbonyl (C=O) groups excluding carboxylic acids is 1. The van der Waals surface area contributed by atoms with Gasteiger partial charge in [-0.05, 0) is 19.4 Å². The number of amides is 1. The van der Waals surface area contributed by atoms with E-state index in [4.69, 9.17) is 0 Å². The van der Waals surface area contributed by atoms with Crippen LogP contribution in [-0.2, 0) is 4.79 Å². The highest BCUT2D eigenvalue weighted by molar-refractivity contribution is 5.95. The molecule has 0 unspecified atom stereocenters. The van der Waals surface area contributed by atoms with Crippen LogP contribution < -0.4 is 10.2 Å². The number of nitrogens with one attached hydrogen (secondary N) is 2. The molecular weight excluding hydrogens is 282 g/mol. The Hall–Kier alpha value is -1.95. The van der Waals surface area contributed by atoms with E-state index in [2.05, 4.69) is 19.2 Å². The number of hydrogen-bond donors (Lipinski definition) is 2. The van der Waals surface area contributed by atoms with Crippen LogP contribution in [0.2, 0.25) is 0 Å². The van der Waals surface area contributed by atoms with Gasteiger partial charge < -0.3 is 10.2 Å². The molecule has 1 saturated heterocycles. The van der Waals surface area contributed by atoms with Crippen molar-refractivity contribution in [3.63, 3.8) is 0 Å². The minimum absolute atomic E-state index is 0.0709. The minimum Gasteiger partial charge on any atom is -0.324 e. The largest absolute Gasteiger partial charge is 0.324 e. The summed E-state index contributed by atoms with van der Waals surface area (Å²) in [6.45, 7) is 8.25. The molecule has 0 aliphatic carbocycles. The van der Waals surface area contributed by atoms with Crippen molar-refractivity contribution in [1.82, 2.24) is 0 Å². The van der Waals surface area contributed by atoms with Gasteiger partial charge in [0.05, 0.1) is 18.0 Å². The van der Waals surface area contributed by atoms with Crippen molar-refractivity contribution in [2.75, 3.05) is 18.4 Å². The summed E-state index contributed by atoms with van der Waals surface area (Å²) in [7, 11) is 0. The first-order chi connectivity index (χ1) is 10.4. The number of piperidine rings is 1. The van der Waals surface area contributed by atoms with E-state index in [1.807, 2.05) is 6.92 Å². The number of nitro benzene ring substituents is 1. The second kappa shape index (κ2) is 6.87. The Morgan fingerprint density at radius 3 is 2.50 bits per heavy atom. The molecule has 1 fully saturated rings. The number of likely N-dealkylation sites (tertiary alicyclic amines) is 1. The third-order valence-electron chi connectivity index (χ3n) is 4.39. The summed E-state index contributed by atoms with van der Waals surface area (Å²) in [5.74, 6) is 1.03. The van der Waals surface area contributed by atoms with Crippen molar-refractivity contribution in [2.24, 2.45) is 11.8 Å². The van der Waals surface area contributed by atoms with E-state index >= 15 is 0 Å². The van der Waals surface area contributed by atoms with Crippen LogP contribution in [0.15, 0.2) is 24.3 Å². The number of quaternary nitrogens is 1. The van der Waals surface area contributed by atoms with Gasteiger partial charge in [0.15, 0.2) is 6.04 Å². The maximum atomic E-state index is 12.4. The van der Waals surface area contributed by atoms with Gasteiger partial charge in [-0.15, -0.1) is 0 Å². The van der Waals surface area contributed by atoms with Gasteiger partial charge in [0.25, 0.3) is 11.6 Å². The van der Waals surface area contributed by atoms with E-state index in [1.54, 1.807) is 18.2 Å². The Labute approximate surface area is 130 Å². The number of hydrogen-bond acceptors (Lipinski definition) is 3. The van der Waals surface area contributed by atoms with Crippen LogP contribution in [0.4, 0.5) is 11.4 Å². The molecule has 1 aromatic carbocycles. The van der Waals surface area contributed by atoms with Gasteiger partial charge in [-0.3, -0.25) is 14.9 Å². The summed E-state index contributed by atoms with van der Waals surface area (Å²) in [6.07, 6.45) is 1.20. The van der Waals surface area contributed by atoms with Gasteiger partial charge in [-0.1, -0.05) is 26.0 Å². The molecule has 1 aromatic rings. The maximum Gasteiger partial charge on any atom is 0.292 e. The molecule has 22 heavy (non-hydrogen) atoms. The molecule has 120 valence electrons. The van der Waals surface area contributed by atoms with Crippen molar-refractivity contribution < 1.29 is 14.6 Å². The third kappa shape index (κ3) is 3.82. The normalized spacial score (nSPS) is 26.2. The Kier molecular flexibility index (Phi) is 5.13. The molecule has 3 atom stereocenters. The smallest absolute Gasteiger partial charge is 0.292 e. The number of benzene rings is 1. The number of para-hydroxylation sites is 2. The average Bonchev–Trinajstić information content (AvgIpc) is 2.45. The first kappa shape index (κ1) is 16.4. The summed E-state index contributed by atoms with van der Waals surface area (Å²) in [5.41, 5.74) is 0.195. The fourth-order valence-corrected chi connectivity index (χ4v) is 3.35. The van der Waals surface area contributed by atoms with E-state index < -0.39 is 4.92 Å². The molecule has 0 aromatic heterocycles. The lowest BCUT2D eigenvalue weighted by atomic mass is 9.91. The lowest BCUT2D eigenvalue weighted by Gasteiger charge is -2.35. The minimum atomic E-state index is -0.474. The molecule has 2 N–H and O–H groups in total. The molecule has 2 rings (SSSR count). The fourth-order valence-electron chi connectivity index (χ4n) is 3.35. The zero-order valence-electron chi connectivity index (χ0n) is 13.3. The molecule has 1 aliphatic rings. The lowest BCUT2D eigenvalue weighted by Crippen LogP contribution is -3.18. The predicted octanol–water partition coefficient (Wildman–Crippen LogP) is 1.48. The molecule has 0 radical (unpaired) electrons. The highest BCUT2D eigenvalue weighted by atomic mass is 16.6. The summed E-state index contributed by atoms with van der Waals surface area (Å²) >= 11 is 0. The van der Waals surface area contributed by atoms with Gasteiger partial charge in [-0.2, -0.15) is 0 Å². The predicted molar refractivity (Wildman–Crippen MR) is 84.8 cm³/mol. The van der Waals surface area contributed by atoms with E-state index in [-0.39, 0.29) is 23.3 Å². The fraction of sp³-hybridized carbons (Fsp3) is 0.562. The second-order valence-corrected chi connectivity index (χ2v) is 6.50. The first-order valence-electron chi connectivity index (χ1n) is 7.77. The van der Waals surface area contributed by atoms with Crippen molar-refractivity contribution in [3.05, 3.63) is 34.4 Å². The van der Waals surface area contributed by atoms with E-state index in [0.29, 0.717) is 11.8 Å². The average molecular weight is 306 g/mol. The molecule has 0 spiro atoms. The van der Waals surface area contributed by atoms with Crippen LogP contribution in [0.3, 0.4) is 0 Å². The van der Waals surface area contributed by atoms with Crippen molar-refractivity contribution >= 4 is 17.3 Å². The third-order valence-corrected chi connectivity index (χ3v) is 4.39. The van der Waals surface area contributed by atoms with Gasteiger partial charge >= 0.3 is 0 Å².